The summed E-state index contributed by atoms with van der Waals surface area (Å²) in [5, 5.41) is 0.352. The number of hydrogen-bond acceptors (Lipinski definition) is 3. The molecule has 0 amide bonds. The fraction of sp³-hybridized carbons (Fsp3) is 0.500. The Morgan fingerprint density at radius 1 is 1.04 bits per heavy atom. The van der Waals surface area contributed by atoms with Gasteiger partial charge in [0.15, 0.2) is 0 Å². The van der Waals surface area contributed by atoms with Crippen molar-refractivity contribution in [1.29, 1.82) is 0 Å². The second kappa shape index (κ2) is 7.11. The standard InChI is InChI=1S/C16H20Cl2N2O2S/c17-14-7-4-8-15(18)16(14)23(21,22)20-11-9-19(10-12-20)13-5-2-1-3-6-13/h2,4-5,7-8,13H,1,3,6,9-12H2. The molecule has 1 aromatic rings. The zero-order valence-electron chi connectivity index (χ0n) is 12.8. The maximum atomic E-state index is 12.8. The summed E-state index contributed by atoms with van der Waals surface area (Å²) in [4.78, 5) is 2.38. The highest BCUT2D eigenvalue weighted by atomic mass is 35.5. The number of halogens is 2. The summed E-state index contributed by atoms with van der Waals surface area (Å²) in [6.07, 6.45) is 7.98. The van der Waals surface area contributed by atoms with Crippen LogP contribution in [-0.4, -0.2) is 49.8 Å². The fourth-order valence-corrected chi connectivity index (χ4v) is 5.75. The second-order valence-electron chi connectivity index (χ2n) is 5.92. The highest BCUT2D eigenvalue weighted by Gasteiger charge is 2.33. The third-order valence-electron chi connectivity index (χ3n) is 4.49. The molecule has 1 aliphatic carbocycles. The topological polar surface area (TPSA) is 40.6 Å². The lowest BCUT2D eigenvalue weighted by Gasteiger charge is -2.38. The van der Waals surface area contributed by atoms with E-state index in [1.54, 1.807) is 18.2 Å². The molecule has 1 fully saturated rings. The van der Waals surface area contributed by atoms with Crippen LogP contribution in [0.25, 0.3) is 0 Å². The summed E-state index contributed by atoms with van der Waals surface area (Å²) < 4.78 is 27.2. The van der Waals surface area contributed by atoms with Crippen molar-refractivity contribution in [3.8, 4) is 0 Å². The number of nitrogens with zero attached hydrogens (tertiary/aromatic N) is 2. The molecule has 23 heavy (non-hydrogen) atoms. The van der Waals surface area contributed by atoms with E-state index in [1.165, 1.54) is 10.7 Å². The van der Waals surface area contributed by atoms with Gasteiger partial charge in [0.25, 0.3) is 0 Å². The summed E-state index contributed by atoms with van der Waals surface area (Å²) in [6.45, 7) is 2.40. The lowest BCUT2D eigenvalue weighted by atomic mass is 10.0. The van der Waals surface area contributed by atoms with Gasteiger partial charge in [0.05, 0.1) is 10.0 Å². The third-order valence-corrected chi connectivity index (χ3v) is 7.34. The first-order valence-corrected chi connectivity index (χ1v) is 10.0. The van der Waals surface area contributed by atoms with Crippen molar-refractivity contribution in [2.24, 2.45) is 0 Å². The van der Waals surface area contributed by atoms with E-state index in [-0.39, 0.29) is 14.9 Å². The molecule has 1 aromatic carbocycles. The highest BCUT2D eigenvalue weighted by Crippen LogP contribution is 2.32. The van der Waals surface area contributed by atoms with Gasteiger partial charge in [0, 0.05) is 32.2 Å². The number of piperazine rings is 1. The van der Waals surface area contributed by atoms with E-state index in [9.17, 15) is 8.42 Å². The van der Waals surface area contributed by atoms with Gasteiger partial charge in [-0.3, -0.25) is 4.90 Å². The van der Waals surface area contributed by atoms with Crippen LogP contribution in [0.1, 0.15) is 19.3 Å². The summed E-state index contributed by atoms with van der Waals surface area (Å²) in [6, 6.07) is 5.21. The SMILES string of the molecule is O=S(=O)(c1c(Cl)cccc1Cl)N1CCN(C2C=CCCC2)CC1. The van der Waals surface area contributed by atoms with Gasteiger partial charge in [-0.25, -0.2) is 8.42 Å². The normalized spacial score (nSPS) is 24.0. The molecule has 0 saturated carbocycles. The molecule has 126 valence electrons. The van der Waals surface area contributed by atoms with Crippen LogP contribution in [0.4, 0.5) is 0 Å². The molecule has 1 heterocycles. The van der Waals surface area contributed by atoms with E-state index in [2.05, 4.69) is 17.1 Å². The zero-order valence-corrected chi connectivity index (χ0v) is 15.1. The van der Waals surface area contributed by atoms with E-state index in [4.69, 9.17) is 23.2 Å². The van der Waals surface area contributed by atoms with Gasteiger partial charge in [0.2, 0.25) is 10.0 Å². The highest BCUT2D eigenvalue weighted by molar-refractivity contribution is 7.89. The molecule has 0 radical (unpaired) electrons. The molecular formula is C16H20Cl2N2O2S. The van der Waals surface area contributed by atoms with Crippen LogP contribution in [0, 0.1) is 0 Å². The van der Waals surface area contributed by atoms with E-state index < -0.39 is 10.0 Å². The number of rotatable bonds is 3. The number of sulfonamides is 1. The van der Waals surface area contributed by atoms with Crippen molar-refractivity contribution in [3.05, 3.63) is 40.4 Å². The molecule has 1 unspecified atom stereocenters. The van der Waals surface area contributed by atoms with Gasteiger partial charge in [-0.05, 0) is 31.4 Å². The Morgan fingerprint density at radius 2 is 1.70 bits per heavy atom. The van der Waals surface area contributed by atoms with Crippen LogP contribution < -0.4 is 0 Å². The van der Waals surface area contributed by atoms with E-state index in [0.29, 0.717) is 19.1 Å². The predicted octanol–water partition coefficient (Wildman–Crippen LogP) is 3.41. The monoisotopic (exact) mass is 374 g/mol. The maximum absolute atomic E-state index is 12.8. The molecule has 4 nitrogen and oxygen atoms in total. The van der Waals surface area contributed by atoms with Crippen LogP contribution in [0.2, 0.25) is 10.0 Å². The minimum Gasteiger partial charge on any atom is -0.294 e. The smallest absolute Gasteiger partial charge is 0.246 e. The third kappa shape index (κ3) is 3.59. The van der Waals surface area contributed by atoms with E-state index >= 15 is 0 Å². The Hall–Kier alpha value is -0.590. The van der Waals surface area contributed by atoms with Gasteiger partial charge in [-0.15, -0.1) is 0 Å². The van der Waals surface area contributed by atoms with Gasteiger partial charge < -0.3 is 0 Å². The van der Waals surface area contributed by atoms with Crippen LogP contribution in [0.5, 0.6) is 0 Å². The van der Waals surface area contributed by atoms with Gasteiger partial charge in [0.1, 0.15) is 4.90 Å². The molecule has 1 saturated heterocycles. The van der Waals surface area contributed by atoms with Crippen molar-refractivity contribution in [1.82, 2.24) is 9.21 Å². The molecule has 1 aliphatic heterocycles. The summed E-state index contributed by atoms with van der Waals surface area (Å²) in [5.74, 6) is 0. The molecule has 0 spiro atoms. The van der Waals surface area contributed by atoms with Crippen molar-refractivity contribution in [3.63, 3.8) is 0 Å². The zero-order chi connectivity index (χ0) is 16.4. The van der Waals surface area contributed by atoms with Crippen molar-refractivity contribution in [2.75, 3.05) is 26.2 Å². The van der Waals surface area contributed by atoms with Gasteiger partial charge in [-0.1, -0.05) is 41.4 Å². The predicted molar refractivity (Wildman–Crippen MR) is 93.6 cm³/mol. The molecule has 0 N–H and O–H groups in total. The molecule has 7 heteroatoms. The molecule has 0 aromatic heterocycles. The first-order valence-electron chi connectivity index (χ1n) is 7.85. The Morgan fingerprint density at radius 3 is 2.26 bits per heavy atom. The quantitative estimate of drug-likeness (QED) is 0.761. The summed E-state index contributed by atoms with van der Waals surface area (Å²) in [7, 11) is -3.65. The Kier molecular flexibility index (Phi) is 5.33. The largest absolute Gasteiger partial charge is 0.294 e. The first-order chi connectivity index (χ1) is 11.0. The van der Waals surface area contributed by atoms with E-state index in [0.717, 1.165) is 25.9 Å². The van der Waals surface area contributed by atoms with Crippen molar-refractivity contribution < 1.29 is 8.42 Å². The number of allylic oxidation sites excluding steroid dienone is 1. The van der Waals surface area contributed by atoms with Crippen LogP contribution in [0.3, 0.4) is 0 Å². The number of benzene rings is 1. The van der Waals surface area contributed by atoms with Gasteiger partial charge >= 0.3 is 0 Å². The minimum atomic E-state index is -3.65. The summed E-state index contributed by atoms with van der Waals surface area (Å²) in [5.41, 5.74) is 0. The second-order valence-corrected chi connectivity index (χ2v) is 8.61. The molecule has 3 rings (SSSR count). The maximum Gasteiger partial charge on any atom is 0.246 e. The van der Waals surface area contributed by atoms with Crippen LogP contribution >= 0.6 is 23.2 Å². The first kappa shape index (κ1) is 17.2. The Labute approximate surface area is 147 Å². The Balaban J connectivity index is 1.74. The number of hydrogen-bond donors (Lipinski definition) is 0. The molecule has 2 aliphatic rings. The van der Waals surface area contributed by atoms with Crippen molar-refractivity contribution in [2.45, 2.75) is 30.2 Å². The lowest BCUT2D eigenvalue weighted by Crippen LogP contribution is -2.51. The molecule has 0 bridgehead atoms. The lowest BCUT2D eigenvalue weighted by molar-refractivity contribution is 0.150. The summed E-state index contributed by atoms with van der Waals surface area (Å²) >= 11 is 12.1. The molecule has 1 atom stereocenters. The van der Waals surface area contributed by atoms with Gasteiger partial charge in [-0.2, -0.15) is 4.31 Å². The Bertz CT molecular complexity index is 678. The van der Waals surface area contributed by atoms with E-state index in [1.807, 2.05) is 0 Å². The molecular weight excluding hydrogens is 355 g/mol. The average Bonchev–Trinajstić information content (AvgIpc) is 2.55. The fourth-order valence-electron chi connectivity index (χ4n) is 3.23. The van der Waals surface area contributed by atoms with Crippen LogP contribution in [0.15, 0.2) is 35.2 Å². The van der Waals surface area contributed by atoms with Crippen molar-refractivity contribution >= 4 is 33.2 Å². The minimum absolute atomic E-state index is 0.0225. The average molecular weight is 375 g/mol. The van der Waals surface area contributed by atoms with Crippen LogP contribution in [-0.2, 0) is 10.0 Å².